The Balaban J connectivity index is 1.57. The minimum absolute atomic E-state index is 0.179. The molecule has 1 aliphatic heterocycles. The molecular weight excluding hydrogens is 414 g/mol. The summed E-state index contributed by atoms with van der Waals surface area (Å²) >= 11 is 0. The molecule has 2 aromatic carbocycles. The zero-order valence-electron chi connectivity index (χ0n) is 17.5. The molecule has 0 fully saturated rings. The average Bonchev–Trinajstić information content (AvgIpc) is 3.21. The van der Waals surface area contributed by atoms with Gasteiger partial charge in [0.2, 0.25) is 0 Å². The fraction of sp³-hybridized carbons (Fsp3) is 0.217. The molecule has 32 heavy (non-hydrogen) atoms. The van der Waals surface area contributed by atoms with Crippen LogP contribution < -0.4 is 10.6 Å². The second-order valence-electron chi connectivity index (χ2n) is 7.12. The molecule has 4 rings (SSSR count). The predicted octanol–water partition coefficient (Wildman–Crippen LogP) is 3.17. The Morgan fingerprint density at radius 3 is 2.62 bits per heavy atom. The molecule has 9 heteroatoms. The van der Waals surface area contributed by atoms with Gasteiger partial charge in [0.15, 0.2) is 5.76 Å². The van der Waals surface area contributed by atoms with Gasteiger partial charge in [0, 0.05) is 5.56 Å². The van der Waals surface area contributed by atoms with Gasteiger partial charge in [0.1, 0.15) is 12.1 Å². The molecule has 9 nitrogen and oxygen atoms in total. The van der Waals surface area contributed by atoms with E-state index in [1.165, 1.54) is 0 Å². The smallest absolute Gasteiger partial charge is 0.338 e. The highest BCUT2D eigenvalue weighted by molar-refractivity contribution is 5.99. The van der Waals surface area contributed by atoms with Crippen molar-refractivity contribution in [3.05, 3.63) is 65.4 Å². The zero-order chi connectivity index (χ0) is 22.7. The molecule has 0 aliphatic carbocycles. The van der Waals surface area contributed by atoms with Crippen molar-refractivity contribution >= 4 is 28.9 Å². The molecule has 2 heterocycles. The van der Waals surface area contributed by atoms with Crippen LogP contribution in [0.4, 0.5) is 4.79 Å². The molecule has 2 N–H and O–H groups in total. The van der Waals surface area contributed by atoms with Crippen LogP contribution in [0.15, 0.2) is 64.3 Å². The highest BCUT2D eigenvalue weighted by Crippen LogP contribution is 2.29. The quantitative estimate of drug-likeness (QED) is 0.571. The maximum absolute atomic E-state index is 12.7. The SMILES string of the molecule is CCOC(=O)C1=C(COC(=O)c2ccc3noc(-c4ccccc4)c3c2)NC(=O)NC1C. The number of hydrogen-bond acceptors (Lipinski definition) is 7. The number of ether oxygens (including phenoxy) is 2. The van der Waals surface area contributed by atoms with Crippen molar-refractivity contribution < 1.29 is 28.4 Å². The molecule has 164 valence electrons. The van der Waals surface area contributed by atoms with E-state index in [1.54, 1.807) is 32.0 Å². The molecule has 0 saturated carbocycles. The van der Waals surface area contributed by atoms with E-state index >= 15 is 0 Å². The fourth-order valence-electron chi connectivity index (χ4n) is 3.48. The normalized spacial score (nSPS) is 15.8. The summed E-state index contributed by atoms with van der Waals surface area (Å²) in [5.41, 5.74) is 2.11. The van der Waals surface area contributed by atoms with Gasteiger partial charge in [-0.25, -0.2) is 14.4 Å². The first kappa shape index (κ1) is 21.1. The number of rotatable bonds is 6. The Morgan fingerprint density at radius 2 is 1.88 bits per heavy atom. The number of nitrogens with zero attached hydrogens (tertiary/aromatic N) is 1. The molecule has 0 bridgehead atoms. The number of fused-ring (bicyclic) bond motifs is 1. The van der Waals surface area contributed by atoms with Gasteiger partial charge in [-0.15, -0.1) is 0 Å². The summed E-state index contributed by atoms with van der Waals surface area (Å²) < 4.78 is 15.9. The van der Waals surface area contributed by atoms with Crippen molar-refractivity contribution in [2.24, 2.45) is 0 Å². The number of carbonyl (C=O) groups is 3. The molecule has 3 aromatic rings. The van der Waals surface area contributed by atoms with Crippen molar-refractivity contribution in [3.63, 3.8) is 0 Å². The predicted molar refractivity (Wildman–Crippen MR) is 115 cm³/mol. The third-order valence-corrected chi connectivity index (χ3v) is 4.96. The molecular formula is C23H21N3O6. The number of amides is 2. The van der Waals surface area contributed by atoms with Crippen molar-refractivity contribution in [3.8, 4) is 11.3 Å². The van der Waals surface area contributed by atoms with Crippen molar-refractivity contribution in [1.82, 2.24) is 15.8 Å². The van der Waals surface area contributed by atoms with E-state index in [2.05, 4.69) is 15.8 Å². The molecule has 1 atom stereocenters. The van der Waals surface area contributed by atoms with Crippen LogP contribution in [0.2, 0.25) is 0 Å². The number of benzene rings is 2. The highest BCUT2D eigenvalue weighted by atomic mass is 16.5. The molecule has 0 saturated heterocycles. The van der Waals surface area contributed by atoms with Gasteiger partial charge in [-0.3, -0.25) is 0 Å². The van der Waals surface area contributed by atoms with Crippen LogP contribution in [0.3, 0.4) is 0 Å². The van der Waals surface area contributed by atoms with Crippen molar-refractivity contribution in [2.75, 3.05) is 13.2 Å². The average molecular weight is 435 g/mol. The van der Waals surface area contributed by atoms with Crippen LogP contribution in [0, 0.1) is 0 Å². The maximum Gasteiger partial charge on any atom is 0.338 e. The number of esters is 2. The van der Waals surface area contributed by atoms with Crippen LogP contribution >= 0.6 is 0 Å². The third kappa shape index (κ3) is 4.18. The highest BCUT2D eigenvalue weighted by Gasteiger charge is 2.30. The van der Waals surface area contributed by atoms with E-state index in [0.717, 1.165) is 5.56 Å². The Hall–Kier alpha value is -4.14. The van der Waals surface area contributed by atoms with Crippen LogP contribution in [0.25, 0.3) is 22.2 Å². The van der Waals surface area contributed by atoms with E-state index in [0.29, 0.717) is 16.7 Å². The monoisotopic (exact) mass is 435 g/mol. The summed E-state index contributed by atoms with van der Waals surface area (Å²) in [6, 6.07) is 13.2. The van der Waals surface area contributed by atoms with E-state index in [9.17, 15) is 14.4 Å². The lowest BCUT2D eigenvalue weighted by Gasteiger charge is -2.26. The number of carbonyl (C=O) groups excluding carboxylic acids is 3. The molecule has 2 amide bonds. The Labute approximate surface area is 183 Å². The first-order valence-corrected chi connectivity index (χ1v) is 10.1. The number of hydrogen-bond donors (Lipinski definition) is 2. The van der Waals surface area contributed by atoms with E-state index in [-0.39, 0.29) is 30.0 Å². The van der Waals surface area contributed by atoms with E-state index < -0.39 is 24.0 Å². The Bertz CT molecular complexity index is 1210. The van der Waals surface area contributed by atoms with Crippen LogP contribution in [0.1, 0.15) is 24.2 Å². The summed E-state index contributed by atoms with van der Waals surface area (Å²) in [5.74, 6) is -0.665. The fourth-order valence-corrected chi connectivity index (χ4v) is 3.48. The van der Waals surface area contributed by atoms with Gasteiger partial charge >= 0.3 is 18.0 Å². The van der Waals surface area contributed by atoms with Crippen LogP contribution in [-0.4, -0.2) is 42.4 Å². The molecule has 1 aliphatic rings. The van der Waals surface area contributed by atoms with Gasteiger partial charge in [-0.05, 0) is 32.0 Å². The first-order valence-electron chi connectivity index (χ1n) is 10.1. The van der Waals surface area contributed by atoms with Crippen molar-refractivity contribution in [1.29, 1.82) is 0 Å². The minimum atomic E-state index is -0.622. The minimum Gasteiger partial charge on any atom is -0.463 e. The second kappa shape index (κ2) is 8.93. The number of aromatic nitrogens is 1. The molecule has 1 unspecified atom stereocenters. The van der Waals surface area contributed by atoms with Crippen molar-refractivity contribution in [2.45, 2.75) is 19.9 Å². The zero-order valence-corrected chi connectivity index (χ0v) is 17.5. The standard InChI is InChI=1S/C23H21N3O6/c1-3-30-22(28)19-13(2)24-23(29)25-18(19)12-31-21(27)15-9-10-17-16(11-15)20(32-26-17)14-7-5-4-6-8-14/h4-11,13H,3,12H2,1-2H3,(H2,24,25,29). The molecule has 0 radical (unpaired) electrons. The Kier molecular flexibility index (Phi) is 5.89. The van der Waals surface area contributed by atoms with Gasteiger partial charge in [0.05, 0.1) is 34.9 Å². The summed E-state index contributed by atoms with van der Waals surface area (Å²) in [4.78, 5) is 36.9. The summed E-state index contributed by atoms with van der Waals surface area (Å²) in [5, 5.41) is 9.82. The van der Waals surface area contributed by atoms with Gasteiger partial charge in [-0.1, -0.05) is 35.5 Å². The Morgan fingerprint density at radius 1 is 1.09 bits per heavy atom. The van der Waals surface area contributed by atoms with Gasteiger partial charge in [-0.2, -0.15) is 0 Å². The third-order valence-electron chi connectivity index (χ3n) is 4.96. The largest absolute Gasteiger partial charge is 0.463 e. The summed E-state index contributed by atoms with van der Waals surface area (Å²) in [6.45, 7) is 3.22. The maximum atomic E-state index is 12.7. The topological polar surface area (TPSA) is 120 Å². The summed E-state index contributed by atoms with van der Waals surface area (Å²) in [6.07, 6.45) is 0. The van der Waals surface area contributed by atoms with Crippen LogP contribution in [-0.2, 0) is 14.3 Å². The lowest BCUT2D eigenvalue weighted by Crippen LogP contribution is -2.50. The second-order valence-corrected chi connectivity index (χ2v) is 7.12. The van der Waals surface area contributed by atoms with Gasteiger partial charge < -0.3 is 24.6 Å². The van der Waals surface area contributed by atoms with Crippen LogP contribution in [0.5, 0.6) is 0 Å². The molecule has 1 aromatic heterocycles. The number of nitrogens with one attached hydrogen (secondary N) is 2. The molecule has 0 spiro atoms. The van der Waals surface area contributed by atoms with E-state index in [4.69, 9.17) is 14.0 Å². The van der Waals surface area contributed by atoms with Gasteiger partial charge in [0.25, 0.3) is 0 Å². The number of urea groups is 1. The van der Waals surface area contributed by atoms with E-state index in [1.807, 2.05) is 30.3 Å². The first-order chi connectivity index (χ1) is 15.5. The summed E-state index contributed by atoms with van der Waals surface area (Å²) in [7, 11) is 0. The lowest BCUT2D eigenvalue weighted by molar-refractivity contribution is -0.139. The lowest BCUT2D eigenvalue weighted by atomic mass is 10.0.